The Balaban J connectivity index is 1.84. The molecule has 2 N–H and O–H groups in total. The van der Waals surface area contributed by atoms with E-state index in [0.29, 0.717) is 25.3 Å². The molecule has 0 spiro atoms. The number of hydrogen-bond donors (Lipinski definition) is 2. The van der Waals surface area contributed by atoms with E-state index in [0.717, 1.165) is 12.8 Å². The molecule has 0 unspecified atom stereocenters. The number of aryl methyl sites for hydroxylation is 1. The zero-order valence-electron chi connectivity index (χ0n) is 10.8. The second-order valence-corrected chi connectivity index (χ2v) is 4.86. The molecule has 0 aliphatic heterocycles. The van der Waals surface area contributed by atoms with Crippen molar-refractivity contribution in [1.29, 1.82) is 0 Å². The Morgan fingerprint density at radius 3 is 2.89 bits per heavy atom. The SMILES string of the molecule is CCn1ncc(NCCNC(=O)C2CC2)c(Cl)c1=O. The molecule has 7 heteroatoms. The van der Waals surface area contributed by atoms with Gasteiger partial charge in [0, 0.05) is 25.6 Å². The van der Waals surface area contributed by atoms with Gasteiger partial charge in [0.15, 0.2) is 0 Å². The van der Waals surface area contributed by atoms with Crippen LogP contribution in [-0.2, 0) is 11.3 Å². The van der Waals surface area contributed by atoms with E-state index in [2.05, 4.69) is 15.7 Å². The molecule has 1 aliphatic rings. The molecule has 1 fully saturated rings. The van der Waals surface area contributed by atoms with Gasteiger partial charge in [-0.1, -0.05) is 11.6 Å². The van der Waals surface area contributed by atoms with Crippen LogP contribution in [0.15, 0.2) is 11.0 Å². The zero-order chi connectivity index (χ0) is 13.8. The minimum Gasteiger partial charge on any atom is -0.381 e. The van der Waals surface area contributed by atoms with Gasteiger partial charge < -0.3 is 10.6 Å². The van der Waals surface area contributed by atoms with Crippen molar-refractivity contribution in [1.82, 2.24) is 15.1 Å². The molecular weight excluding hydrogens is 268 g/mol. The van der Waals surface area contributed by atoms with Crippen LogP contribution in [0.5, 0.6) is 0 Å². The summed E-state index contributed by atoms with van der Waals surface area (Å²) in [6.45, 7) is 3.32. The third-order valence-electron chi connectivity index (χ3n) is 2.97. The fourth-order valence-electron chi connectivity index (χ4n) is 1.69. The van der Waals surface area contributed by atoms with Gasteiger partial charge in [-0.25, -0.2) is 4.68 Å². The molecule has 6 nitrogen and oxygen atoms in total. The Labute approximate surface area is 116 Å². The van der Waals surface area contributed by atoms with Gasteiger partial charge in [-0.05, 0) is 19.8 Å². The van der Waals surface area contributed by atoms with Gasteiger partial charge in [0.2, 0.25) is 5.91 Å². The largest absolute Gasteiger partial charge is 0.381 e. The third-order valence-corrected chi connectivity index (χ3v) is 3.34. The number of hydrogen-bond acceptors (Lipinski definition) is 4. The van der Waals surface area contributed by atoms with Gasteiger partial charge in [-0.2, -0.15) is 5.10 Å². The van der Waals surface area contributed by atoms with Gasteiger partial charge in [-0.15, -0.1) is 0 Å². The van der Waals surface area contributed by atoms with Gasteiger partial charge in [0.25, 0.3) is 5.56 Å². The summed E-state index contributed by atoms with van der Waals surface area (Å²) in [5.74, 6) is 0.311. The molecule has 19 heavy (non-hydrogen) atoms. The fraction of sp³-hybridized carbons (Fsp3) is 0.583. The highest BCUT2D eigenvalue weighted by Gasteiger charge is 2.28. The Bertz CT molecular complexity index is 525. The maximum atomic E-state index is 11.7. The third kappa shape index (κ3) is 3.47. The molecule has 1 saturated carbocycles. The van der Waals surface area contributed by atoms with E-state index in [1.165, 1.54) is 10.9 Å². The smallest absolute Gasteiger partial charge is 0.287 e. The molecule has 1 aromatic heterocycles. The van der Waals surface area contributed by atoms with Crippen LogP contribution in [0.3, 0.4) is 0 Å². The molecule has 0 aromatic carbocycles. The number of anilines is 1. The topological polar surface area (TPSA) is 76.0 Å². The van der Waals surface area contributed by atoms with Crippen molar-refractivity contribution in [2.24, 2.45) is 5.92 Å². The molecule has 0 radical (unpaired) electrons. The fourth-order valence-corrected chi connectivity index (χ4v) is 1.90. The first-order valence-corrected chi connectivity index (χ1v) is 6.78. The predicted octanol–water partition coefficient (Wildman–Crippen LogP) is 0.855. The minimum atomic E-state index is -0.309. The summed E-state index contributed by atoms with van der Waals surface area (Å²) in [6, 6.07) is 0. The summed E-state index contributed by atoms with van der Waals surface area (Å²) in [4.78, 5) is 23.1. The number of rotatable bonds is 6. The lowest BCUT2D eigenvalue weighted by Crippen LogP contribution is -2.30. The van der Waals surface area contributed by atoms with E-state index in [9.17, 15) is 9.59 Å². The maximum Gasteiger partial charge on any atom is 0.287 e. The number of amides is 1. The molecule has 2 rings (SSSR count). The summed E-state index contributed by atoms with van der Waals surface area (Å²) in [7, 11) is 0. The van der Waals surface area contributed by atoms with Crippen LogP contribution in [0.4, 0.5) is 5.69 Å². The van der Waals surface area contributed by atoms with Gasteiger partial charge in [0.05, 0.1) is 11.9 Å². The van der Waals surface area contributed by atoms with Crippen LogP contribution in [0, 0.1) is 5.92 Å². The number of carbonyl (C=O) groups excluding carboxylic acids is 1. The Morgan fingerprint density at radius 2 is 2.26 bits per heavy atom. The number of nitrogens with one attached hydrogen (secondary N) is 2. The molecule has 0 saturated heterocycles. The number of nitrogens with zero attached hydrogens (tertiary/aromatic N) is 2. The summed E-state index contributed by atoms with van der Waals surface area (Å²) in [5, 5.41) is 9.93. The zero-order valence-corrected chi connectivity index (χ0v) is 11.5. The van der Waals surface area contributed by atoms with Crippen molar-refractivity contribution in [2.75, 3.05) is 18.4 Å². The molecular formula is C12H17ClN4O2. The highest BCUT2D eigenvalue weighted by Crippen LogP contribution is 2.28. The van der Waals surface area contributed by atoms with Gasteiger partial charge >= 0.3 is 0 Å². The molecule has 0 atom stereocenters. The molecule has 1 heterocycles. The normalized spacial score (nSPS) is 14.2. The van der Waals surface area contributed by atoms with Crippen molar-refractivity contribution in [3.05, 3.63) is 21.6 Å². The Hall–Kier alpha value is -1.56. The first-order valence-electron chi connectivity index (χ1n) is 6.40. The van der Waals surface area contributed by atoms with Crippen LogP contribution in [0.1, 0.15) is 19.8 Å². The van der Waals surface area contributed by atoms with E-state index in [1.54, 1.807) is 0 Å². The van der Waals surface area contributed by atoms with Crippen molar-refractivity contribution in [2.45, 2.75) is 26.3 Å². The predicted molar refractivity (Wildman–Crippen MR) is 73.4 cm³/mol. The highest BCUT2D eigenvalue weighted by molar-refractivity contribution is 6.32. The quantitative estimate of drug-likeness (QED) is 0.760. The van der Waals surface area contributed by atoms with Crippen LogP contribution in [-0.4, -0.2) is 28.8 Å². The monoisotopic (exact) mass is 284 g/mol. The first kappa shape index (κ1) is 13.9. The average Bonchev–Trinajstić information content (AvgIpc) is 3.23. The van der Waals surface area contributed by atoms with Crippen molar-refractivity contribution >= 4 is 23.2 Å². The van der Waals surface area contributed by atoms with E-state index >= 15 is 0 Å². The molecule has 1 aliphatic carbocycles. The second-order valence-electron chi connectivity index (χ2n) is 4.49. The lowest BCUT2D eigenvalue weighted by Gasteiger charge is -2.09. The highest BCUT2D eigenvalue weighted by atomic mass is 35.5. The summed E-state index contributed by atoms with van der Waals surface area (Å²) in [5.41, 5.74) is 0.188. The molecule has 104 valence electrons. The first-order chi connectivity index (χ1) is 9.13. The number of carbonyl (C=O) groups is 1. The standard InChI is InChI=1S/C12H17ClN4O2/c1-2-17-12(19)10(13)9(7-16-17)14-5-6-15-11(18)8-3-4-8/h7-8,14H,2-6H2,1H3,(H,15,18). The van der Waals surface area contributed by atoms with Crippen LogP contribution < -0.4 is 16.2 Å². The molecule has 1 aromatic rings. The van der Waals surface area contributed by atoms with Crippen molar-refractivity contribution in [3.63, 3.8) is 0 Å². The lowest BCUT2D eigenvalue weighted by molar-refractivity contribution is -0.122. The summed E-state index contributed by atoms with van der Waals surface area (Å²) in [6.07, 6.45) is 3.50. The van der Waals surface area contributed by atoms with Crippen LogP contribution in [0.2, 0.25) is 5.02 Å². The minimum absolute atomic E-state index is 0.104. The van der Waals surface area contributed by atoms with Gasteiger partial charge in [-0.3, -0.25) is 9.59 Å². The van der Waals surface area contributed by atoms with E-state index in [1.807, 2.05) is 6.92 Å². The Morgan fingerprint density at radius 1 is 1.53 bits per heavy atom. The average molecular weight is 285 g/mol. The molecule has 0 bridgehead atoms. The van der Waals surface area contributed by atoms with Crippen molar-refractivity contribution in [3.8, 4) is 0 Å². The second kappa shape index (κ2) is 6.06. The molecule has 1 amide bonds. The van der Waals surface area contributed by atoms with E-state index in [4.69, 9.17) is 11.6 Å². The van der Waals surface area contributed by atoms with Crippen LogP contribution in [0.25, 0.3) is 0 Å². The Kier molecular flexibility index (Phi) is 4.42. The maximum absolute atomic E-state index is 11.7. The van der Waals surface area contributed by atoms with Crippen LogP contribution >= 0.6 is 11.6 Å². The number of halogens is 1. The van der Waals surface area contributed by atoms with E-state index in [-0.39, 0.29) is 22.4 Å². The summed E-state index contributed by atoms with van der Waals surface area (Å²) < 4.78 is 1.29. The van der Waals surface area contributed by atoms with Crippen molar-refractivity contribution < 1.29 is 4.79 Å². The van der Waals surface area contributed by atoms with Gasteiger partial charge in [0.1, 0.15) is 5.02 Å². The van der Waals surface area contributed by atoms with E-state index < -0.39 is 0 Å². The summed E-state index contributed by atoms with van der Waals surface area (Å²) >= 11 is 5.96. The number of aromatic nitrogens is 2. The lowest BCUT2D eigenvalue weighted by atomic mass is 10.4.